The Balaban J connectivity index is 0. The summed E-state index contributed by atoms with van der Waals surface area (Å²) < 4.78 is 50.9. The van der Waals surface area contributed by atoms with Crippen molar-refractivity contribution in [1.29, 1.82) is 0 Å². The minimum atomic E-state index is -4.96. The average Bonchev–Trinajstić information content (AvgIpc) is 2.54. The molecule has 2 aliphatic carbocycles. The topological polar surface area (TPSA) is 20.2 Å². The summed E-state index contributed by atoms with van der Waals surface area (Å²) in [6.07, 6.45) is -5.72. The third-order valence-corrected chi connectivity index (χ3v) is 3.55. The van der Waals surface area contributed by atoms with Crippen LogP contribution in [-0.2, 0) is 0 Å². The Morgan fingerprint density at radius 3 is 2.00 bits per heavy atom. The van der Waals surface area contributed by atoms with Gasteiger partial charge in [0.15, 0.2) is 0 Å². The Morgan fingerprint density at radius 2 is 1.72 bits per heavy atom. The minimum Gasteiger partial charge on any atom is -0.554 e. The first kappa shape index (κ1) is 17.1. The summed E-state index contributed by atoms with van der Waals surface area (Å²) in [5.41, 5.74) is -3.02. The van der Waals surface area contributed by atoms with Crippen molar-refractivity contribution in [3.8, 4) is 0 Å². The predicted molar refractivity (Wildman–Crippen MR) is 44.9 cm³/mol. The molecule has 0 spiro atoms. The van der Waals surface area contributed by atoms with E-state index in [1.165, 1.54) is 0 Å². The fraction of sp³-hybridized carbons (Fsp3) is 0.800. The maximum Gasteiger partial charge on any atom is 0.294 e. The Kier molecular flexibility index (Phi) is 3.43. The molecule has 1 N–H and O–H groups in total. The van der Waals surface area contributed by atoms with Gasteiger partial charge in [-0.15, -0.1) is 5.67 Å². The molecule has 8 heteroatoms. The molecule has 2 rings (SSSR count). The van der Waals surface area contributed by atoms with Gasteiger partial charge in [0.25, 0.3) is 6.18 Å². The molecule has 0 aromatic heterocycles. The second-order valence-corrected chi connectivity index (χ2v) is 4.92. The summed E-state index contributed by atoms with van der Waals surface area (Å²) >= 11 is 0. The summed E-state index contributed by atoms with van der Waals surface area (Å²) in [5, 5.41) is 8.98. The molecule has 2 unspecified atom stereocenters. The number of aliphatic hydroxyl groups excluding tert-OH is 1. The monoisotopic (exact) mass is 1030 g/mol. The van der Waals surface area contributed by atoms with E-state index in [0.29, 0.717) is 12.8 Å². The smallest absolute Gasteiger partial charge is 0.294 e. The van der Waals surface area contributed by atoms with Gasteiger partial charge in [-0.2, -0.15) is 12.8 Å². The van der Waals surface area contributed by atoms with Gasteiger partial charge >= 0.3 is 0 Å². The molecule has 0 saturated heterocycles. The summed E-state index contributed by atoms with van der Waals surface area (Å²) in [6.45, 7) is 1.77. The van der Waals surface area contributed by atoms with Crippen molar-refractivity contribution in [2.24, 2.45) is 5.41 Å². The van der Waals surface area contributed by atoms with E-state index in [1.807, 2.05) is 0 Å². The van der Waals surface area contributed by atoms with E-state index in [1.54, 1.807) is 6.92 Å². The molecule has 0 aromatic carbocycles. The number of halogens is 4. The van der Waals surface area contributed by atoms with Crippen molar-refractivity contribution in [1.82, 2.24) is 0 Å². The van der Waals surface area contributed by atoms with E-state index in [-0.39, 0.29) is 12.3 Å². The van der Waals surface area contributed by atoms with Crippen LogP contribution >= 0.6 is 0 Å². The number of aliphatic hydroxyl groups is 1. The van der Waals surface area contributed by atoms with Crippen LogP contribution in [0.5, 0.6) is 0 Å². The standard InChI is InChI=1S/C10H12F4O.3Rf/c1-8-3-2-6(4-8)9(11,5-8)7(15)10(12,13)14;;;/h15H,2-5H2,1H3;;;/q-2;;;. The first-order valence-electron chi connectivity index (χ1n) is 4.85. The zero-order chi connectivity index (χ0) is 11.5. The quantitative estimate of drug-likeness (QED) is 0.317. The van der Waals surface area contributed by atoms with Crippen LogP contribution in [0.15, 0.2) is 0 Å². The number of hydrogen-bond donors (Lipinski definition) is 1. The molecule has 0 radical (unpaired) electrons. The van der Waals surface area contributed by atoms with Crippen molar-refractivity contribution in [2.45, 2.75) is 44.5 Å². The Hall–Kier alpha value is -3.32. The van der Waals surface area contributed by atoms with Gasteiger partial charge in [-0.25, -0.2) is 13.2 Å². The molecule has 0 aromatic rings. The van der Waals surface area contributed by atoms with Crippen LogP contribution in [0.2, 0.25) is 0 Å². The normalized spacial score (nSPS) is 34.8. The zero-order valence-corrected chi connectivity index (χ0v) is 29.6. The summed E-state index contributed by atoms with van der Waals surface area (Å²) in [4.78, 5) is 0. The minimum absolute atomic E-state index is 0. The summed E-state index contributed by atoms with van der Waals surface area (Å²) in [5.74, 6) is 0.208. The molecule has 1 nitrogen and oxygen atoms in total. The zero-order valence-electron chi connectivity index (χ0n) is 10.4. The van der Waals surface area contributed by atoms with Gasteiger partial charge in [0.2, 0.25) is 0 Å². The van der Waals surface area contributed by atoms with Crippen molar-refractivity contribution < 1.29 is 22.7 Å². The maximum absolute atomic E-state index is 14.1. The van der Waals surface area contributed by atoms with Crippen LogP contribution in [0.3, 0.4) is 0 Å². The fourth-order valence-corrected chi connectivity index (χ4v) is 2.82. The van der Waals surface area contributed by atoms with Gasteiger partial charge in [-0.05, 0) is 0 Å². The number of fused-ring (bicyclic) bond motifs is 2. The molecule has 94 valence electrons. The van der Waals surface area contributed by atoms with Gasteiger partial charge in [-0.1, -0.05) is 31.3 Å². The van der Waals surface area contributed by atoms with E-state index >= 15 is 0 Å². The van der Waals surface area contributed by atoms with Crippen LogP contribution in [0.4, 0.5) is 17.6 Å². The number of alkyl halides is 4. The van der Waals surface area contributed by atoms with Crippen molar-refractivity contribution >= 4 is 0 Å². The summed E-state index contributed by atoms with van der Waals surface area (Å²) in [7, 11) is 0. The average molecular weight is 1030 g/mol. The van der Waals surface area contributed by atoms with Gasteiger partial charge in [0, 0.05) is 0 Å². The molecule has 18 heavy (non-hydrogen) atoms. The molecule has 0 aliphatic heterocycles. The molecule has 2 atom stereocenters. The molecule has 2 bridgehead atoms. The Bertz CT molecular complexity index is 289. The number of rotatable bonds is 1. The largest absolute Gasteiger partial charge is 0.554 e. The van der Waals surface area contributed by atoms with Crippen molar-refractivity contribution in [3.05, 3.63) is 12.0 Å². The van der Waals surface area contributed by atoms with Crippen molar-refractivity contribution in [3.63, 3.8) is 0 Å². The molecule has 0 heterocycles. The molecular weight excluding hydrogens is 1010 g/mol. The molecule has 0 amide bonds. The number of hydrogen-bond acceptors (Lipinski definition) is 1. The van der Waals surface area contributed by atoms with Crippen LogP contribution < -0.4 is 0 Å². The van der Waals surface area contributed by atoms with E-state index < -0.39 is 23.4 Å². The molecule has 2 fully saturated rings. The van der Waals surface area contributed by atoms with E-state index in [2.05, 4.69) is 0 Å². The maximum atomic E-state index is 14.1. The second kappa shape index (κ2) is 3.61. The fourth-order valence-electron chi connectivity index (χ4n) is 2.82. The van der Waals surface area contributed by atoms with Crippen LogP contribution in [-0.4, -0.2) is 17.0 Å². The SMILES string of the molecule is CC12CC[C-](C1)C(F)([C-](O)C(F)(F)F)C2.[Rf].[Rf].[Rf]. The van der Waals surface area contributed by atoms with Crippen LogP contribution in [0.1, 0.15) is 32.6 Å². The van der Waals surface area contributed by atoms with E-state index in [9.17, 15) is 17.6 Å². The predicted octanol–water partition coefficient (Wildman–Crippen LogP) is 3.33. The third-order valence-electron chi connectivity index (χ3n) is 3.55. The second-order valence-electron chi connectivity index (χ2n) is 4.92. The van der Waals surface area contributed by atoms with Crippen LogP contribution in [0, 0.1) is 17.4 Å². The third kappa shape index (κ3) is 1.72. The first-order chi connectivity index (χ1) is 6.67. The van der Waals surface area contributed by atoms with Gasteiger partial charge in [0.05, 0.1) is 0 Å². The van der Waals surface area contributed by atoms with Gasteiger partial charge < -0.3 is 15.4 Å². The van der Waals surface area contributed by atoms with Gasteiger partial charge in [-0.3, -0.25) is 0 Å². The first-order valence-corrected chi connectivity index (χ1v) is 4.85. The molecule has 2 saturated carbocycles. The van der Waals surface area contributed by atoms with E-state index in [4.69, 9.17) is 5.11 Å². The van der Waals surface area contributed by atoms with Gasteiger partial charge in [0.1, 0.15) is 0 Å². The molecule has 2 aliphatic rings. The Labute approximate surface area is 85.5 Å². The van der Waals surface area contributed by atoms with Crippen molar-refractivity contribution in [2.75, 3.05) is 0 Å². The summed E-state index contributed by atoms with van der Waals surface area (Å²) in [6, 6.07) is 0. The Morgan fingerprint density at radius 1 is 1.22 bits per heavy atom. The van der Waals surface area contributed by atoms with Crippen LogP contribution in [0.25, 0.3) is 0 Å². The molecular formula is C10H12F4ORf3-2. The van der Waals surface area contributed by atoms with E-state index in [0.717, 1.165) is 6.42 Å².